The number of likely N-dealkylation sites (N-methyl/N-ethyl adjacent to an activating group) is 1. The van der Waals surface area contributed by atoms with Crippen molar-refractivity contribution in [3.63, 3.8) is 0 Å². The molecule has 1 aromatic rings. The highest BCUT2D eigenvalue weighted by atomic mass is 19.1. The van der Waals surface area contributed by atoms with Crippen LogP contribution in [-0.2, 0) is 0 Å². The van der Waals surface area contributed by atoms with Gasteiger partial charge in [0.25, 0.3) is 0 Å². The Hall–Kier alpha value is -1.33. The Morgan fingerprint density at radius 3 is 2.57 bits per heavy atom. The topological polar surface area (TPSA) is 23.6 Å². The number of carbonyl (C=O) groups excluding carboxylic acids is 1. The lowest BCUT2D eigenvalue weighted by Crippen LogP contribution is -2.38. The zero-order chi connectivity index (χ0) is 15.4. The van der Waals surface area contributed by atoms with Crippen LogP contribution in [0.4, 0.5) is 8.78 Å². The predicted octanol–water partition coefficient (Wildman–Crippen LogP) is 2.56. The Morgan fingerprint density at radius 1 is 1.29 bits per heavy atom. The molecular weight excluding hydrogens is 274 g/mol. The average molecular weight is 296 g/mol. The van der Waals surface area contributed by atoms with Crippen molar-refractivity contribution >= 4 is 5.78 Å². The minimum absolute atomic E-state index is 0.121. The van der Waals surface area contributed by atoms with E-state index in [1.165, 1.54) is 0 Å². The molecule has 2 rings (SSSR count). The fraction of sp³-hybridized carbons (Fsp3) is 0.562. The molecule has 116 valence electrons. The first-order chi connectivity index (χ1) is 9.95. The lowest BCUT2D eigenvalue weighted by molar-refractivity contribution is 0.0956. The van der Waals surface area contributed by atoms with Gasteiger partial charge in [0.15, 0.2) is 5.78 Å². The normalized spacial score (nSPS) is 19.4. The number of likely N-dealkylation sites (tertiary alicyclic amines) is 1. The van der Waals surface area contributed by atoms with E-state index < -0.39 is 11.6 Å². The summed E-state index contributed by atoms with van der Waals surface area (Å²) in [5.41, 5.74) is 0.121. The second kappa shape index (κ2) is 7.09. The minimum atomic E-state index is -0.704. The number of hydrogen-bond donors (Lipinski definition) is 0. The average Bonchev–Trinajstić information content (AvgIpc) is 2.81. The van der Waals surface area contributed by atoms with Crippen LogP contribution in [-0.4, -0.2) is 55.4 Å². The Kier molecular flexibility index (Phi) is 5.42. The molecule has 1 atom stereocenters. The van der Waals surface area contributed by atoms with Crippen molar-refractivity contribution in [2.75, 3.05) is 33.7 Å². The summed E-state index contributed by atoms with van der Waals surface area (Å²) in [7, 11) is 4.08. The first kappa shape index (κ1) is 16.0. The summed E-state index contributed by atoms with van der Waals surface area (Å²) in [6.45, 7) is 2.61. The molecule has 1 heterocycles. The van der Waals surface area contributed by atoms with Crippen LogP contribution < -0.4 is 0 Å². The van der Waals surface area contributed by atoms with Crippen molar-refractivity contribution in [3.05, 3.63) is 35.4 Å². The van der Waals surface area contributed by atoms with Gasteiger partial charge < -0.3 is 4.90 Å². The van der Waals surface area contributed by atoms with Crippen molar-refractivity contribution in [1.29, 1.82) is 0 Å². The van der Waals surface area contributed by atoms with Gasteiger partial charge in [0.2, 0.25) is 0 Å². The van der Waals surface area contributed by atoms with Gasteiger partial charge in [0.1, 0.15) is 11.6 Å². The molecule has 0 aromatic heterocycles. The van der Waals surface area contributed by atoms with Crippen molar-refractivity contribution in [2.24, 2.45) is 0 Å². The minimum Gasteiger partial charge on any atom is -0.308 e. The highest BCUT2D eigenvalue weighted by molar-refractivity contribution is 5.96. The highest BCUT2D eigenvalue weighted by Crippen LogP contribution is 2.19. The summed E-state index contributed by atoms with van der Waals surface area (Å²) >= 11 is 0. The molecular formula is C16H22F2N2O. The van der Waals surface area contributed by atoms with E-state index in [1.807, 2.05) is 14.1 Å². The molecule has 3 nitrogen and oxygen atoms in total. The van der Waals surface area contributed by atoms with Crippen LogP contribution >= 0.6 is 0 Å². The number of nitrogens with zero attached hydrogens (tertiary/aromatic N) is 2. The number of benzene rings is 1. The number of carbonyl (C=O) groups is 1. The Labute approximate surface area is 124 Å². The number of ketones is 1. The van der Waals surface area contributed by atoms with E-state index in [4.69, 9.17) is 0 Å². The smallest absolute Gasteiger partial charge is 0.164 e. The van der Waals surface area contributed by atoms with Crippen LogP contribution in [0.2, 0.25) is 0 Å². The molecule has 0 saturated carbocycles. The molecule has 1 aliphatic rings. The van der Waals surface area contributed by atoms with E-state index in [9.17, 15) is 13.6 Å². The van der Waals surface area contributed by atoms with E-state index in [0.29, 0.717) is 19.0 Å². The molecule has 0 amide bonds. The van der Waals surface area contributed by atoms with Gasteiger partial charge in [0.05, 0.1) is 0 Å². The van der Waals surface area contributed by atoms with E-state index >= 15 is 0 Å². The Balaban J connectivity index is 1.91. The van der Waals surface area contributed by atoms with Crippen LogP contribution in [0, 0.1) is 11.6 Å². The number of hydrogen-bond acceptors (Lipinski definition) is 3. The lowest BCUT2D eigenvalue weighted by Gasteiger charge is -2.26. The molecule has 1 aromatic carbocycles. The van der Waals surface area contributed by atoms with Crippen LogP contribution in [0.5, 0.6) is 0 Å². The molecule has 1 saturated heterocycles. The number of rotatable bonds is 6. The molecule has 1 fully saturated rings. The first-order valence-electron chi connectivity index (χ1n) is 7.34. The van der Waals surface area contributed by atoms with Gasteiger partial charge in [-0.25, -0.2) is 8.78 Å². The third-order valence-corrected chi connectivity index (χ3v) is 3.89. The predicted molar refractivity (Wildman–Crippen MR) is 78.5 cm³/mol. The summed E-state index contributed by atoms with van der Waals surface area (Å²) in [4.78, 5) is 16.5. The van der Waals surface area contributed by atoms with E-state index in [0.717, 1.165) is 44.1 Å². The number of halogens is 2. The summed E-state index contributed by atoms with van der Waals surface area (Å²) in [6.07, 6.45) is 2.58. The molecule has 21 heavy (non-hydrogen) atoms. The standard InChI is InChI=1S/C16H22F2N2O/c1-19(2)11-15-4-3-6-20(15)7-5-16(21)12-8-13(17)10-14(18)9-12/h8-10,15H,3-7,11H2,1-2H3. The molecule has 1 unspecified atom stereocenters. The maximum absolute atomic E-state index is 13.1. The monoisotopic (exact) mass is 296 g/mol. The van der Waals surface area contributed by atoms with Gasteiger partial charge in [-0.05, 0) is 45.6 Å². The lowest BCUT2D eigenvalue weighted by atomic mass is 10.1. The molecule has 0 radical (unpaired) electrons. The largest absolute Gasteiger partial charge is 0.308 e. The van der Waals surface area contributed by atoms with Gasteiger partial charge in [-0.3, -0.25) is 9.69 Å². The molecule has 0 bridgehead atoms. The van der Waals surface area contributed by atoms with Crippen molar-refractivity contribution in [2.45, 2.75) is 25.3 Å². The fourth-order valence-corrected chi connectivity index (χ4v) is 2.92. The number of Topliss-reactive ketones (excluding diaryl/α,β-unsaturated/α-hetero) is 1. The summed E-state index contributed by atoms with van der Waals surface area (Å²) < 4.78 is 26.3. The fourth-order valence-electron chi connectivity index (χ4n) is 2.92. The molecule has 0 N–H and O–H groups in total. The van der Waals surface area contributed by atoms with Gasteiger partial charge in [-0.1, -0.05) is 0 Å². The summed E-state index contributed by atoms with van der Waals surface area (Å²) in [5, 5.41) is 0. The summed E-state index contributed by atoms with van der Waals surface area (Å²) in [5.74, 6) is -1.61. The highest BCUT2D eigenvalue weighted by Gasteiger charge is 2.25. The Bertz CT molecular complexity index is 485. The van der Waals surface area contributed by atoms with Crippen LogP contribution in [0.15, 0.2) is 18.2 Å². The van der Waals surface area contributed by atoms with E-state index in [1.54, 1.807) is 0 Å². The third-order valence-electron chi connectivity index (χ3n) is 3.89. The van der Waals surface area contributed by atoms with Crippen LogP contribution in [0.3, 0.4) is 0 Å². The van der Waals surface area contributed by atoms with Crippen molar-refractivity contribution < 1.29 is 13.6 Å². The van der Waals surface area contributed by atoms with E-state index in [2.05, 4.69) is 9.80 Å². The molecule has 0 spiro atoms. The SMILES string of the molecule is CN(C)CC1CCCN1CCC(=O)c1cc(F)cc(F)c1. The van der Waals surface area contributed by atoms with Gasteiger partial charge >= 0.3 is 0 Å². The summed E-state index contributed by atoms with van der Waals surface area (Å²) in [6, 6.07) is 3.46. The molecule has 0 aliphatic carbocycles. The molecule has 5 heteroatoms. The van der Waals surface area contributed by atoms with Gasteiger partial charge in [-0.15, -0.1) is 0 Å². The quantitative estimate of drug-likeness (QED) is 0.754. The van der Waals surface area contributed by atoms with E-state index in [-0.39, 0.29) is 11.3 Å². The molecule has 1 aliphatic heterocycles. The Morgan fingerprint density at radius 2 is 1.95 bits per heavy atom. The zero-order valence-corrected chi connectivity index (χ0v) is 12.6. The van der Waals surface area contributed by atoms with Gasteiger partial charge in [-0.2, -0.15) is 0 Å². The third kappa shape index (κ3) is 4.58. The van der Waals surface area contributed by atoms with Crippen LogP contribution in [0.25, 0.3) is 0 Å². The zero-order valence-electron chi connectivity index (χ0n) is 12.6. The van der Waals surface area contributed by atoms with Crippen molar-refractivity contribution in [1.82, 2.24) is 9.80 Å². The van der Waals surface area contributed by atoms with Crippen molar-refractivity contribution in [3.8, 4) is 0 Å². The maximum atomic E-state index is 13.1. The van der Waals surface area contributed by atoms with Crippen LogP contribution in [0.1, 0.15) is 29.6 Å². The first-order valence-corrected chi connectivity index (χ1v) is 7.34. The second-order valence-electron chi connectivity index (χ2n) is 5.93. The van der Waals surface area contributed by atoms with Gasteiger partial charge in [0, 0.05) is 37.2 Å². The maximum Gasteiger partial charge on any atom is 0.164 e. The second-order valence-corrected chi connectivity index (χ2v) is 5.93.